The number of benzene rings is 1. The Balaban J connectivity index is 2.33. The molecule has 3 aromatic rings. The molecule has 0 radical (unpaired) electrons. The Hall–Kier alpha value is -3.36. The third-order valence-corrected chi connectivity index (χ3v) is 3.96. The molecule has 0 aliphatic carbocycles. The predicted molar refractivity (Wildman–Crippen MR) is 95.8 cm³/mol. The minimum atomic E-state index is -4.52. The molecular weight excluding hydrogens is 359 g/mol. The molecule has 0 atom stereocenters. The number of hydrogen-bond acceptors (Lipinski definition) is 6. The molecule has 27 heavy (non-hydrogen) atoms. The van der Waals surface area contributed by atoms with E-state index in [1.807, 2.05) is 0 Å². The first kappa shape index (κ1) is 18.4. The zero-order chi connectivity index (χ0) is 19.8. The third-order valence-electron chi connectivity index (χ3n) is 3.96. The zero-order valence-electron chi connectivity index (χ0n) is 14.5. The second-order valence-corrected chi connectivity index (χ2v) is 5.78. The zero-order valence-corrected chi connectivity index (χ0v) is 14.5. The number of ether oxygens (including phenoxy) is 1. The molecule has 140 valence electrons. The first-order valence-electron chi connectivity index (χ1n) is 7.82. The Morgan fingerprint density at radius 3 is 2.37 bits per heavy atom. The van der Waals surface area contributed by atoms with Gasteiger partial charge in [-0.15, -0.1) is 0 Å². The number of aromatic nitrogens is 3. The maximum atomic E-state index is 13.2. The van der Waals surface area contributed by atoms with Crippen molar-refractivity contribution in [1.82, 2.24) is 15.0 Å². The molecule has 0 saturated carbocycles. The Kier molecular flexibility index (Phi) is 4.61. The van der Waals surface area contributed by atoms with Crippen LogP contribution >= 0.6 is 0 Å². The van der Waals surface area contributed by atoms with Crippen molar-refractivity contribution in [2.45, 2.75) is 13.1 Å². The molecule has 0 aliphatic rings. The standard InChI is InChI=1S/C18H16F3N5O/c1-9-15(10-3-6-14(22)24-8-10)16(26-17(23)25-9)12-7-11(18(19,20)21)4-5-13(12)27-2/h3-8H,1-2H3,(H2,22,24)(H2,23,25,26). The Morgan fingerprint density at radius 2 is 1.78 bits per heavy atom. The molecule has 6 nitrogen and oxygen atoms in total. The van der Waals surface area contributed by atoms with Crippen LogP contribution in [0.25, 0.3) is 22.4 Å². The highest BCUT2D eigenvalue weighted by Crippen LogP contribution is 2.41. The van der Waals surface area contributed by atoms with Crippen LogP contribution in [-0.2, 0) is 6.18 Å². The van der Waals surface area contributed by atoms with Crippen molar-refractivity contribution < 1.29 is 17.9 Å². The third kappa shape index (κ3) is 3.62. The van der Waals surface area contributed by atoms with E-state index in [0.29, 0.717) is 22.6 Å². The second kappa shape index (κ2) is 6.75. The quantitative estimate of drug-likeness (QED) is 0.724. The molecule has 0 saturated heterocycles. The Labute approximate surface area is 153 Å². The van der Waals surface area contributed by atoms with Gasteiger partial charge >= 0.3 is 6.18 Å². The van der Waals surface area contributed by atoms with Crippen LogP contribution in [0.5, 0.6) is 5.75 Å². The summed E-state index contributed by atoms with van der Waals surface area (Å²) >= 11 is 0. The van der Waals surface area contributed by atoms with Crippen LogP contribution in [0.3, 0.4) is 0 Å². The highest BCUT2D eigenvalue weighted by molar-refractivity contribution is 5.85. The van der Waals surface area contributed by atoms with Gasteiger partial charge in [0.15, 0.2) is 0 Å². The van der Waals surface area contributed by atoms with Crippen molar-refractivity contribution in [2.75, 3.05) is 18.6 Å². The smallest absolute Gasteiger partial charge is 0.416 e. The van der Waals surface area contributed by atoms with E-state index >= 15 is 0 Å². The lowest BCUT2D eigenvalue weighted by atomic mass is 9.97. The van der Waals surface area contributed by atoms with E-state index in [-0.39, 0.29) is 23.0 Å². The lowest BCUT2D eigenvalue weighted by molar-refractivity contribution is -0.137. The second-order valence-electron chi connectivity index (χ2n) is 5.78. The summed E-state index contributed by atoms with van der Waals surface area (Å²) in [5, 5.41) is 0. The van der Waals surface area contributed by atoms with E-state index in [0.717, 1.165) is 12.1 Å². The van der Waals surface area contributed by atoms with Gasteiger partial charge in [0.2, 0.25) is 5.95 Å². The number of nitrogen functional groups attached to an aromatic ring is 2. The molecule has 0 unspecified atom stereocenters. The van der Waals surface area contributed by atoms with E-state index in [1.165, 1.54) is 19.4 Å². The molecule has 2 aromatic heterocycles. The fourth-order valence-corrected chi connectivity index (χ4v) is 2.76. The van der Waals surface area contributed by atoms with Crippen LogP contribution in [0, 0.1) is 6.92 Å². The normalized spacial score (nSPS) is 11.4. The van der Waals surface area contributed by atoms with Gasteiger partial charge in [0, 0.05) is 22.9 Å². The van der Waals surface area contributed by atoms with Gasteiger partial charge in [-0.25, -0.2) is 15.0 Å². The van der Waals surface area contributed by atoms with Crippen LogP contribution in [0.15, 0.2) is 36.5 Å². The minimum absolute atomic E-state index is 0.0610. The summed E-state index contributed by atoms with van der Waals surface area (Å²) in [6, 6.07) is 6.45. The largest absolute Gasteiger partial charge is 0.496 e. The van der Waals surface area contributed by atoms with Gasteiger partial charge in [-0.3, -0.25) is 0 Å². The average Bonchev–Trinajstić information content (AvgIpc) is 2.61. The van der Waals surface area contributed by atoms with Crippen LogP contribution in [0.1, 0.15) is 11.3 Å². The van der Waals surface area contributed by atoms with Gasteiger partial charge in [0.1, 0.15) is 11.6 Å². The van der Waals surface area contributed by atoms with Gasteiger partial charge in [0.05, 0.1) is 24.1 Å². The average molecular weight is 375 g/mol. The number of nitrogens with zero attached hydrogens (tertiary/aromatic N) is 3. The van der Waals surface area contributed by atoms with Crippen molar-refractivity contribution in [1.29, 1.82) is 0 Å². The predicted octanol–water partition coefficient (Wildman–Crippen LogP) is 3.71. The van der Waals surface area contributed by atoms with Gasteiger partial charge in [-0.1, -0.05) is 0 Å². The van der Waals surface area contributed by atoms with Crippen LogP contribution in [-0.4, -0.2) is 22.1 Å². The van der Waals surface area contributed by atoms with Gasteiger partial charge in [-0.05, 0) is 37.3 Å². The SMILES string of the molecule is COc1ccc(C(F)(F)F)cc1-c1nc(N)nc(C)c1-c1ccc(N)nc1. The number of anilines is 2. The summed E-state index contributed by atoms with van der Waals surface area (Å²) in [6.07, 6.45) is -3.02. The van der Waals surface area contributed by atoms with Crippen LogP contribution in [0.2, 0.25) is 0 Å². The number of alkyl halides is 3. The Morgan fingerprint density at radius 1 is 1.04 bits per heavy atom. The first-order chi connectivity index (χ1) is 12.7. The number of nitrogens with two attached hydrogens (primary N) is 2. The molecule has 3 rings (SSSR count). The van der Waals surface area contributed by atoms with E-state index in [9.17, 15) is 13.2 Å². The van der Waals surface area contributed by atoms with E-state index in [2.05, 4.69) is 15.0 Å². The maximum Gasteiger partial charge on any atom is 0.416 e. The summed E-state index contributed by atoms with van der Waals surface area (Å²) in [4.78, 5) is 12.4. The maximum absolute atomic E-state index is 13.2. The van der Waals surface area contributed by atoms with E-state index in [4.69, 9.17) is 16.2 Å². The van der Waals surface area contributed by atoms with Crippen molar-refractivity contribution in [2.24, 2.45) is 0 Å². The number of rotatable bonds is 3. The number of pyridine rings is 1. The van der Waals surface area contributed by atoms with Crippen molar-refractivity contribution in [3.8, 4) is 28.1 Å². The fraction of sp³-hybridized carbons (Fsp3) is 0.167. The molecule has 4 N–H and O–H groups in total. The fourth-order valence-electron chi connectivity index (χ4n) is 2.76. The highest BCUT2D eigenvalue weighted by Gasteiger charge is 2.32. The summed E-state index contributed by atoms with van der Waals surface area (Å²) in [5.74, 6) is 0.477. The topological polar surface area (TPSA) is 99.9 Å². The lowest BCUT2D eigenvalue weighted by Gasteiger charge is -2.17. The van der Waals surface area contributed by atoms with E-state index in [1.54, 1.807) is 19.1 Å². The number of aryl methyl sites for hydroxylation is 1. The molecule has 0 aliphatic heterocycles. The number of methoxy groups -OCH3 is 1. The summed E-state index contributed by atoms with van der Waals surface area (Å²) < 4.78 is 44.9. The highest BCUT2D eigenvalue weighted by atomic mass is 19.4. The monoisotopic (exact) mass is 375 g/mol. The number of halogens is 3. The van der Waals surface area contributed by atoms with Gasteiger partial charge < -0.3 is 16.2 Å². The minimum Gasteiger partial charge on any atom is -0.496 e. The van der Waals surface area contributed by atoms with Crippen LogP contribution in [0.4, 0.5) is 24.9 Å². The molecule has 0 fully saturated rings. The van der Waals surface area contributed by atoms with E-state index < -0.39 is 11.7 Å². The van der Waals surface area contributed by atoms with Crippen LogP contribution < -0.4 is 16.2 Å². The van der Waals surface area contributed by atoms with Crippen molar-refractivity contribution in [3.63, 3.8) is 0 Å². The molecule has 1 aromatic carbocycles. The molecule has 9 heteroatoms. The molecule has 2 heterocycles. The number of hydrogen-bond donors (Lipinski definition) is 2. The van der Waals surface area contributed by atoms with Gasteiger partial charge in [0.25, 0.3) is 0 Å². The summed E-state index contributed by atoms with van der Waals surface area (Å²) in [5.41, 5.74) is 12.5. The molecule has 0 amide bonds. The Bertz CT molecular complexity index is 988. The van der Waals surface area contributed by atoms with Gasteiger partial charge in [-0.2, -0.15) is 13.2 Å². The van der Waals surface area contributed by atoms with Crippen molar-refractivity contribution in [3.05, 3.63) is 47.8 Å². The van der Waals surface area contributed by atoms with Crippen molar-refractivity contribution >= 4 is 11.8 Å². The lowest BCUT2D eigenvalue weighted by Crippen LogP contribution is -2.07. The summed E-state index contributed by atoms with van der Waals surface area (Å²) in [7, 11) is 1.37. The first-order valence-corrected chi connectivity index (χ1v) is 7.82. The molecule has 0 bridgehead atoms. The molecule has 0 spiro atoms. The summed E-state index contributed by atoms with van der Waals surface area (Å²) in [6.45, 7) is 1.69. The molecular formula is C18H16F3N5O.